The molecule has 122 valence electrons. The highest BCUT2D eigenvalue weighted by molar-refractivity contribution is 8.02. The van der Waals surface area contributed by atoms with E-state index in [0.29, 0.717) is 9.47 Å². The summed E-state index contributed by atoms with van der Waals surface area (Å²) in [5, 5.41) is 10.7. The molecule has 0 aliphatic carbocycles. The van der Waals surface area contributed by atoms with E-state index in [2.05, 4.69) is 15.5 Å². The van der Waals surface area contributed by atoms with E-state index in [1.807, 2.05) is 61.5 Å². The molecule has 1 amide bonds. The third-order valence-electron chi connectivity index (χ3n) is 3.30. The molecule has 1 heterocycles. The van der Waals surface area contributed by atoms with Crippen LogP contribution in [0.2, 0.25) is 0 Å². The molecule has 0 fully saturated rings. The average molecular weight is 356 g/mol. The van der Waals surface area contributed by atoms with E-state index in [-0.39, 0.29) is 5.91 Å². The number of rotatable bonds is 5. The number of aromatic nitrogens is 2. The molecule has 0 bridgehead atoms. The standard InChI is InChI=1S/C17H16N4OS2/c1-11-7-9-13(10-8-11)19-15(22)14(12-5-3-2-4-6-12)23-17-21-20-16(18)24-17/h2-10,14H,1H3,(H2,18,20)(H,19,22)/t14-/m1/s1. The van der Waals surface area contributed by atoms with E-state index >= 15 is 0 Å². The Bertz CT molecular complexity index is 818. The minimum atomic E-state index is -0.431. The van der Waals surface area contributed by atoms with Gasteiger partial charge in [0, 0.05) is 5.69 Å². The highest BCUT2D eigenvalue weighted by atomic mass is 32.2. The lowest BCUT2D eigenvalue weighted by Crippen LogP contribution is -2.19. The second kappa shape index (κ2) is 7.46. The van der Waals surface area contributed by atoms with Crippen molar-refractivity contribution in [2.75, 3.05) is 11.1 Å². The van der Waals surface area contributed by atoms with Gasteiger partial charge in [-0.2, -0.15) is 0 Å². The Labute approximate surface area is 148 Å². The number of nitrogens with one attached hydrogen (secondary N) is 1. The van der Waals surface area contributed by atoms with E-state index in [1.54, 1.807) is 0 Å². The van der Waals surface area contributed by atoms with Crippen molar-refractivity contribution in [3.8, 4) is 0 Å². The first-order valence-corrected chi connectivity index (χ1v) is 8.99. The molecule has 3 rings (SSSR count). The Morgan fingerprint density at radius 1 is 1.12 bits per heavy atom. The summed E-state index contributed by atoms with van der Waals surface area (Å²) in [6.45, 7) is 2.01. The maximum atomic E-state index is 12.8. The third kappa shape index (κ3) is 4.12. The summed E-state index contributed by atoms with van der Waals surface area (Å²) in [5.74, 6) is -0.108. The predicted molar refractivity (Wildman–Crippen MR) is 99.2 cm³/mol. The molecule has 0 spiro atoms. The predicted octanol–water partition coefficient (Wildman–Crippen LogP) is 3.90. The number of nitrogens with two attached hydrogens (primary N) is 1. The smallest absolute Gasteiger partial charge is 0.242 e. The van der Waals surface area contributed by atoms with Gasteiger partial charge in [-0.25, -0.2) is 0 Å². The first-order chi connectivity index (χ1) is 11.6. The van der Waals surface area contributed by atoms with Gasteiger partial charge >= 0.3 is 0 Å². The Hall–Kier alpha value is -2.38. The van der Waals surface area contributed by atoms with Crippen molar-refractivity contribution in [2.45, 2.75) is 16.5 Å². The van der Waals surface area contributed by atoms with Gasteiger partial charge in [-0.15, -0.1) is 10.2 Å². The average Bonchev–Trinajstić information content (AvgIpc) is 3.00. The zero-order chi connectivity index (χ0) is 16.9. The molecule has 3 N–H and O–H groups in total. The lowest BCUT2D eigenvalue weighted by atomic mass is 10.1. The number of anilines is 2. The van der Waals surface area contributed by atoms with Gasteiger partial charge in [-0.3, -0.25) is 4.79 Å². The van der Waals surface area contributed by atoms with E-state index in [0.717, 1.165) is 16.8 Å². The van der Waals surface area contributed by atoms with Crippen molar-refractivity contribution in [3.05, 3.63) is 65.7 Å². The van der Waals surface area contributed by atoms with Crippen molar-refractivity contribution in [3.63, 3.8) is 0 Å². The highest BCUT2D eigenvalue weighted by Crippen LogP contribution is 2.38. The topological polar surface area (TPSA) is 80.9 Å². The molecule has 0 radical (unpaired) electrons. The van der Waals surface area contributed by atoms with Crippen LogP contribution in [0.1, 0.15) is 16.4 Å². The van der Waals surface area contributed by atoms with Crippen molar-refractivity contribution < 1.29 is 4.79 Å². The van der Waals surface area contributed by atoms with Crippen LogP contribution >= 0.6 is 23.1 Å². The van der Waals surface area contributed by atoms with E-state index in [4.69, 9.17) is 5.73 Å². The molecule has 0 saturated heterocycles. The second-order valence-electron chi connectivity index (χ2n) is 5.17. The summed E-state index contributed by atoms with van der Waals surface area (Å²) < 4.78 is 0.667. The number of aryl methyl sites for hydroxylation is 1. The summed E-state index contributed by atoms with van der Waals surface area (Å²) in [6.07, 6.45) is 0. The number of carbonyl (C=O) groups excluding carboxylic acids is 1. The summed E-state index contributed by atoms with van der Waals surface area (Å²) in [5.41, 5.74) is 8.45. The minimum Gasteiger partial charge on any atom is -0.374 e. The van der Waals surface area contributed by atoms with Crippen molar-refractivity contribution >= 4 is 39.8 Å². The van der Waals surface area contributed by atoms with Crippen LogP contribution in [-0.2, 0) is 4.79 Å². The molecular formula is C17H16N4OS2. The molecule has 0 aliphatic heterocycles. The van der Waals surface area contributed by atoms with E-state index in [1.165, 1.54) is 23.1 Å². The minimum absolute atomic E-state index is 0.108. The van der Waals surface area contributed by atoms with E-state index < -0.39 is 5.25 Å². The Kier molecular flexibility index (Phi) is 5.12. The van der Waals surface area contributed by atoms with Gasteiger partial charge in [0.15, 0.2) is 4.34 Å². The van der Waals surface area contributed by atoms with Crippen LogP contribution in [0.25, 0.3) is 0 Å². The number of thioether (sulfide) groups is 1. The van der Waals surface area contributed by atoms with Crippen LogP contribution in [-0.4, -0.2) is 16.1 Å². The monoisotopic (exact) mass is 356 g/mol. The lowest BCUT2D eigenvalue weighted by Gasteiger charge is -2.15. The van der Waals surface area contributed by atoms with Gasteiger partial charge in [0.2, 0.25) is 11.0 Å². The Balaban J connectivity index is 1.83. The highest BCUT2D eigenvalue weighted by Gasteiger charge is 2.24. The molecule has 24 heavy (non-hydrogen) atoms. The molecule has 0 unspecified atom stereocenters. The fourth-order valence-corrected chi connectivity index (χ4v) is 3.94. The fourth-order valence-electron chi connectivity index (χ4n) is 2.11. The molecule has 1 atom stereocenters. The number of benzene rings is 2. The largest absolute Gasteiger partial charge is 0.374 e. The summed E-state index contributed by atoms with van der Waals surface area (Å²) in [4.78, 5) is 12.8. The van der Waals surface area contributed by atoms with Gasteiger partial charge in [-0.05, 0) is 24.6 Å². The maximum absolute atomic E-state index is 12.8. The number of hydrogen-bond acceptors (Lipinski definition) is 6. The molecule has 1 aromatic heterocycles. The third-order valence-corrected chi connectivity index (χ3v) is 5.39. The molecule has 0 saturated carbocycles. The lowest BCUT2D eigenvalue weighted by molar-refractivity contribution is -0.115. The molecular weight excluding hydrogens is 340 g/mol. The second-order valence-corrected chi connectivity index (χ2v) is 7.53. The number of nitrogens with zero attached hydrogens (tertiary/aromatic N) is 2. The van der Waals surface area contributed by atoms with Gasteiger partial charge in [-0.1, -0.05) is 71.1 Å². The van der Waals surface area contributed by atoms with Gasteiger partial charge in [0.25, 0.3) is 0 Å². The van der Waals surface area contributed by atoms with Crippen LogP contribution < -0.4 is 11.1 Å². The molecule has 0 aliphatic rings. The first-order valence-electron chi connectivity index (χ1n) is 7.30. The SMILES string of the molecule is Cc1ccc(NC(=O)[C@H](Sc2nnc(N)s2)c2ccccc2)cc1. The maximum Gasteiger partial charge on any atom is 0.242 e. The van der Waals surface area contributed by atoms with E-state index in [9.17, 15) is 4.79 Å². The molecule has 2 aromatic carbocycles. The van der Waals surface area contributed by atoms with Gasteiger partial charge < -0.3 is 11.1 Å². The van der Waals surface area contributed by atoms with Gasteiger partial charge in [0.1, 0.15) is 5.25 Å². The Morgan fingerprint density at radius 3 is 2.46 bits per heavy atom. The Morgan fingerprint density at radius 2 is 1.83 bits per heavy atom. The van der Waals surface area contributed by atoms with Crippen LogP contribution in [0.4, 0.5) is 10.8 Å². The molecule has 5 nitrogen and oxygen atoms in total. The van der Waals surface area contributed by atoms with Crippen LogP contribution in [0.5, 0.6) is 0 Å². The first kappa shape index (κ1) is 16.5. The number of hydrogen-bond donors (Lipinski definition) is 2. The summed E-state index contributed by atoms with van der Waals surface area (Å²) >= 11 is 2.62. The number of nitrogen functional groups attached to an aromatic ring is 1. The van der Waals surface area contributed by atoms with Crippen molar-refractivity contribution in [2.24, 2.45) is 0 Å². The normalized spacial score (nSPS) is 11.9. The molecule has 7 heteroatoms. The quantitative estimate of drug-likeness (QED) is 0.678. The summed E-state index contributed by atoms with van der Waals surface area (Å²) in [7, 11) is 0. The fraction of sp³-hybridized carbons (Fsp3) is 0.118. The molecule has 3 aromatic rings. The van der Waals surface area contributed by atoms with Gasteiger partial charge in [0.05, 0.1) is 0 Å². The number of amides is 1. The van der Waals surface area contributed by atoms with Crippen LogP contribution in [0.15, 0.2) is 58.9 Å². The zero-order valence-corrected chi connectivity index (χ0v) is 14.6. The van der Waals surface area contributed by atoms with Crippen molar-refractivity contribution in [1.29, 1.82) is 0 Å². The van der Waals surface area contributed by atoms with Crippen molar-refractivity contribution in [1.82, 2.24) is 10.2 Å². The number of carbonyl (C=O) groups is 1. The zero-order valence-electron chi connectivity index (χ0n) is 13.0. The summed E-state index contributed by atoms with van der Waals surface area (Å²) in [6, 6.07) is 17.3. The van der Waals surface area contributed by atoms with Crippen LogP contribution in [0.3, 0.4) is 0 Å². The van der Waals surface area contributed by atoms with Crippen LogP contribution in [0, 0.1) is 6.92 Å².